The molecule has 0 atom stereocenters. The van der Waals surface area contributed by atoms with Crippen molar-refractivity contribution in [2.45, 2.75) is 30.5 Å². The van der Waals surface area contributed by atoms with Gasteiger partial charge in [-0.3, -0.25) is 4.79 Å². The van der Waals surface area contributed by atoms with Crippen LogP contribution in [0.15, 0.2) is 0 Å². The van der Waals surface area contributed by atoms with Gasteiger partial charge in [-0.15, -0.1) is 0 Å². The third kappa shape index (κ3) is 5.84. The van der Waals surface area contributed by atoms with Crippen LogP contribution < -0.4 is 5.32 Å². The Hall–Kier alpha value is -0.100. The van der Waals surface area contributed by atoms with Crippen molar-refractivity contribution < 1.29 is 13.2 Å². The maximum absolute atomic E-state index is 11.3. The van der Waals surface area contributed by atoms with Crippen molar-refractivity contribution in [1.82, 2.24) is 5.32 Å². The monoisotopic (exact) mass is 311 g/mol. The van der Waals surface area contributed by atoms with Gasteiger partial charge in [0.05, 0.1) is 0 Å². The van der Waals surface area contributed by atoms with E-state index in [0.29, 0.717) is 17.3 Å². The Morgan fingerprint density at radius 3 is 2.38 bits per heavy atom. The van der Waals surface area contributed by atoms with Gasteiger partial charge in [0.2, 0.25) is 5.91 Å². The van der Waals surface area contributed by atoms with Crippen LogP contribution in [0.4, 0.5) is 0 Å². The lowest BCUT2D eigenvalue weighted by atomic mass is 9.89. The van der Waals surface area contributed by atoms with E-state index in [1.807, 2.05) is 0 Å². The van der Waals surface area contributed by atoms with E-state index in [1.165, 1.54) is 0 Å². The molecule has 1 rings (SSSR count). The molecule has 0 heterocycles. The smallest absolute Gasteiger partial charge is 0.235 e. The molecule has 0 aromatic rings. The van der Waals surface area contributed by atoms with E-state index < -0.39 is 15.6 Å². The molecule has 4 nitrogen and oxygen atoms in total. The zero-order valence-corrected chi connectivity index (χ0v) is 11.8. The number of amides is 1. The molecule has 1 aliphatic carbocycles. The van der Waals surface area contributed by atoms with Crippen molar-refractivity contribution in [3.05, 3.63) is 0 Å². The van der Waals surface area contributed by atoms with E-state index in [9.17, 15) is 13.2 Å². The number of nitrogens with one attached hydrogen (secondary N) is 1. The molecule has 1 aliphatic rings. The second-order valence-electron chi connectivity index (χ2n) is 4.49. The molecule has 0 aromatic carbocycles. The summed E-state index contributed by atoms with van der Waals surface area (Å²) >= 11 is 3.57. The molecule has 0 radical (unpaired) electrons. The van der Waals surface area contributed by atoms with Crippen LogP contribution in [0.3, 0.4) is 0 Å². The maximum Gasteiger partial charge on any atom is 0.235 e. The van der Waals surface area contributed by atoms with Gasteiger partial charge >= 0.3 is 0 Å². The van der Waals surface area contributed by atoms with Gasteiger partial charge in [-0.05, 0) is 31.6 Å². The first-order chi connectivity index (χ1) is 7.37. The topological polar surface area (TPSA) is 63.2 Å². The number of alkyl halides is 1. The predicted octanol–water partition coefficient (Wildman–Crippen LogP) is 1.10. The number of carbonyl (C=O) groups excluding carboxylic acids is 1. The van der Waals surface area contributed by atoms with E-state index in [4.69, 9.17) is 0 Å². The van der Waals surface area contributed by atoms with Crippen molar-refractivity contribution >= 4 is 31.7 Å². The number of carbonyl (C=O) groups is 1. The zero-order valence-electron chi connectivity index (χ0n) is 9.41. The van der Waals surface area contributed by atoms with Crippen LogP contribution in [-0.4, -0.2) is 37.7 Å². The second kappa shape index (κ2) is 6.00. The van der Waals surface area contributed by atoms with Crippen LogP contribution >= 0.6 is 15.9 Å². The minimum atomic E-state index is -3.20. The summed E-state index contributed by atoms with van der Waals surface area (Å²) in [5.74, 6) is -0.290. The largest absolute Gasteiger partial charge is 0.355 e. The van der Waals surface area contributed by atoms with Gasteiger partial charge in [0.25, 0.3) is 0 Å². The standard InChI is InChI=1S/C10H18BrNO3S/c1-16(14,15)7-10(13)12-6-8-2-4-9(11)5-3-8/h8-9H,2-7H2,1H3,(H,12,13). The van der Waals surface area contributed by atoms with Crippen LogP contribution in [0.2, 0.25) is 0 Å². The lowest BCUT2D eigenvalue weighted by Crippen LogP contribution is -2.35. The predicted molar refractivity (Wildman–Crippen MR) is 67.4 cm³/mol. The Morgan fingerprint density at radius 2 is 1.88 bits per heavy atom. The van der Waals surface area contributed by atoms with Gasteiger partial charge in [0, 0.05) is 17.6 Å². The highest BCUT2D eigenvalue weighted by atomic mass is 79.9. The molecule has 1 fully saturated rings. The van der Waals surface area contributed by atoms with Crippen molar-refractivity contribution in [2.75, 3.05) is 18.6 Å². The summed E-state index contributed by atoms with van der Waals surface area (Å²) < 4.78 is 21.7. The molecule has 1 amide bonds. The Kier molecular flexibility index (Phi) is 5.24. The molecular formula is C10H18BrNO3S. The lowest BCUT2D eigenvalue weighted by Gasteiger charge is -2.25. The number of hydrogen-bond acceptors (Lipinski definition) is 3. The van der Waals surface area contributed by atoms with E-state index in [-0.39, 0.29) is 5.91 Å². The Balaban J connectivity index is 2.22. The van der Waals surface area contributed by atoms with Crippen LogP contribution in [0, 0.1) is 5.92 Å². The van der Waals surface area contributed by atoms with Gasteiger partial charge in [-0.25, -0.2) is 8.42 Å². The Bertz CT molecular complexity index is 334. The third-order valence-electron chi connectivity index (χ3n) is 2.76. The highest BCUT2D eigenvalue weighted by Gasteiger charge is 2.20. The second-order valence-corrected chi connectivity index (χ2v) is 7.93. The summed E-state index contributed by atoms with van der Waals surface area (Å²) in [6, 6.07) is 0. The van der Waals surface area contributed by atoms with Crippen LogP contribution in [0.25, 0.3) is 0 Å². The molecule has 1 N–H and O–H groups in total. The van der Waals surface area contributed by atoms with Crippen LogP contribution in [0.5, 0.6) is 0 Å². The molecule has 94 valence electrons. The first kappa shape index (κ1) is 14.0. The highest BCUT2D eigenvalue weighted by molar-refractivity contribution is 9.09. The van der Waals surface area contributed by atoms with E-state index in [1.54, 1.807) is 0 Å². The average Bonchev–Trinajstić information content (AvgIpc) is 2.14. The third-order valence-corrected chi connectivity index (χ3v) is 4.46. The Morgan fingerprint density at radius 1 is 1.31 bits per heavy atom. The van der Waals surface area contributed by atoms with E-state index in [2.05, 4.69) is 21.2 Å². The molecule has 0 bridgehead atoms. The number of rotatable bonds is 4. The molecular weight excluding hydrogens is 294 g/mol. The van der Waals surface area contributed by atoms with Crippen molar-refractivity contribution in [1.29, 1.82) is 0 Å². The van der Waals surface area contributed by atoms with Crippen molar-refractivity contribution in [2.24, 2.45) is 5.92 Å². The zero-order chi connectivity index (χ0) is 12.2. The maximum atomic E-state index is 11.3. The molecule has 0 spiro atoms. The van der Waals surface area contributed by atoms with E-state index >= 15 is 0 Å². The van der Waals surface area contributed by atoms with Crippen molar-refractivity contribution in [3.63, 3.8) is 0 Å². The molecule has 6 heteroatoms. The van der Waals surface area contributed by atoms with Gasteiger partial charge in [0.15, 0.2) is 9.84 Å². The molecule has 0 aliphatic heterocycles. The molecule has 0 unspecified atom stereocenters. The SMILES string of the molecule is CS(=O)(=O)CC(=O)NCC1CCC(Br)CC1. The van der Waals surface area contributed by atoms with Crippen LogP contribution in [-0.2, 0) is 14.6 Å². The normalized spacial score (nSPS) is 26.4. The summed E-state index contributed by atoms with van der Waals surface area (Å²) in [6.07, 6.45) is 5.52. The van der Waals surface area contributed by atoms with E-state index in [0.717, 1.165) is 31.9 Å². The quantitative estimate of drug-likeness (QED) is 0.791. The first-order valence-corrected chi connectivity index (χ1v) is 8.43. The van der Waals surface area contributed by atoms with Gasteiger partial charge in [0.1, 0.15) is 5.75 Å². The molecule has 0 aromatic heterocycles. The van der Waals surface area contributed by atoms with Crippen LogP contribution in [0.1, 0.15) is 25.7 Å². The first-order valence-electron chi connectivity index (χ1n) is 5.45. The minimum absolute atomic E-state index is 0.386. The summed E-state index contributed by atoms with van der Waals surface area (Å²) in [5.41, 5.74) is 0. The minimum Gasteiger partial charge on any atom is -0.355 e. The molecule has 0 saturated heterocycles. The molecule has 1 saturated carbocycles. The number of hydrogen-bond donors (Lipinski definition) is 1. The highest BCUT2D eigenvalue weighted by Crippen LogP contribution is 2.27. The van der Waals surface area contributed by atoms with Gasteiger partial charge < -0.3 is 5.32 Å². The van der Waals surface area contributed by atoms with Gasteiger partial charge in [-0.2, -0.15) is 0 Å². The fraction of sp³-hybridized carbons (Fsp3) is 0.900. The lowest BCUT2D eigenvalue weighted by molar-refractivity contribution is -0.118. The number of sulfone groups is 1. The summed E-state index contributed by atoms with van der Waals surface area (Å²) in [4.78, 5) is 11.9. The van der Waals surface area contributed by atoms with Gasteiger partial charge in [-0.1, -0.05) is 15.9 Å². The fourth-order valence-electron chi connectivity index (χ4n) is 1.87. The Labute approximate surface area is 105 Å². The number of halogens is 1. The molecule has 16 heavy (non-hydrogen) atoms. The van der Waals surface area contributed by atoms with Crippen molar-refractivity contribution in [3.8, 4) is 0 Å². The summed E-state index contributed by atoms with van der Waals surface area (Å²) in [7, 11) is -3.20. The summed E-state index contributed by atoms with van der Waals surface area (Å²) in [5, 5.41) is 2.69. The summed E-state index contributed by atoms with van der Waals surface area (Å²) in [6.45, 7) is 0.605. The average molecular weight is 312 g/mol. The fourth-order valence-corrected chi connectivity index (χ4v) is 2.98.